The summed E-state index contributed by atoms with van der Waals surface area (Å²) in [6, 6.07) is 11.3. The van der Waals surface area contributed by atoms with Crippen molar-refractivity contribution in [2.45, 2.75) is 32.4 Å². The molecule has 25 heavy (non-hydrogen) atoms. The van der Waals surface area contributed by atoms with Crippen molar-refractivity contribution in [2.75, 3.05) is 52.4 Å². The van der Waals surface area contributed by atoms with Gasteiger partial charge in [-0.1, -0.05) is 30.3 Å². The van der Waals surface area contributed by atoms with Gasteiger partial charge in [0.05, 0.1) is 0 Å². The number of rotatable bonds is 5. The van der Waals surface area contributed by atoms with Crippen molar-refractivity contribution in [3.8, 4) is 0 Å². The zero-order valence-electron chi connectivity index (χ0n) is 15.5. The molecule has 1 aromatic rings. The second kappa shape index (κ2) is 9.32. The van der Waals surface area contributed by atoms with Crippen LogP contribution in [0.15, 0.2) is 30.3 Å². The first-order valence-corrected chi connectivity index (χ1v) is 9.71. The van der Waals surface area contributed by atoms with Gasteiger partial charge >= 0.3 is 0 Å². The Kier molecular flexibility index (Phi) is 6.84. The fourth-order valence-corrected chi connectivity index (χ4v) is 3.76. The number of amides is 1. The summed E-state index contributed by atoms with van der Waals surface area (Å²) < 4.78 is 0. The average Bonchev–Trinajstić information content (AvgIpc) is 2.83. The maximum atomic E-state index is 12.4. The summed E-state index contributed by atoms with van der Waals surface area (Å²) in [7, 11) is 0. The third-order valence-corrected chi connectivity index (χ3v) is 5.53. The van der Waals surface area contributed by atoms with Crippen molar-refractivity contribution in [2.24, 2.45) is 0 Å². The molecular weight excluding hydrogens is 312 g/mol. The van der Waals surface area contributed by atoms with E-state index in [0.29, 0.717) is 18.4 Å². The molecule has 0 radical (unpaired) electrons. The Morgan fingerprint density at radius 2 is 1.84 bits per heavy atom. The number of carbonyl (C=O) groups is 1. The van der Waals surface area contributed by atoms with Crippen LogP contribution in [0.3, 0.4) is 0 Å². The van der Waals surface area contributed by atoms with Crippen LogP contribution in [0.25, 0.3) is 0 Å². The van der Waals surface area contributed by atoms with Gasteiger partial charge in [-0.05, 0) is 25.5 Å². The Bertz CT molecular complexity index is 530. The Labute approximate surface area is 152 Å². The molecular formula is C20H32N4O. The Morgan fingerprint density at radius 3 is 2.60 bits per heavy atom. The molecule has 1 N–H and O–H groups in total. The van der Waals surface area contributed by atoms with E-state index in [4.69, 9.17) is 0 Å². The van der Waals surface area contributed by atoms with Crippen molar-refractivity contribution in [1.29, 1.82) is 0 Å². The van der Waals surface area contributed by atoms with E-state index in [1.165, 1.54) is 12.0 Å². The van der Waals surface area contributed by atoms with E-state index in [0.717, 1.165) is 58.9 Å². The lowest BCUT2D eigenvalue weighted by molar-refractivity contribution is -0.132. The Hall–Kier alpha value is -1.43. The molecule has 1 unspecified atom stereocenters. The predicted octanol–water partition coefficient (Wildman–Crippen LogP) is 1.40. The van der Waals surface area contributed by atoms with Gasteiger partial charge in [0.1, 0.15) is 0 Å². The summed E-state index contributed by atoms with van der Waals surface area (Å²) in [6.45, 7) is 11.1. The zero-order chi connectivity index (χ0) is 17.5. The molecule has 2 aliphatic heterocycles. The highest BCUT2D eigenvalue weighted by Gasteiger charge is 2.22. The minimum Gasteiger partial charge on any atom is -0.340 e. The molecule has 5 heteroatoms. The summed E-state index contributed by atoms with van der Waals surface area (Å²) in [5.74, 6) is 0.319. The highest BCUT2D eigenvalue weighted by molar-refractivity contribution is 5.76. The maximum Gasteiger partial charge on any atom is 0.223 e. The minimum absolute atomic E-state index is 0.319. The van der Waals surface area contributed by atoms with E-state index in [9.17, 15) is 4.79 Å². The largest absolute Gasteiger partial charge is 0.340 e. The molecule has 0 spiro atoms. The summed E-state index contributed by atoms with van der Waals surface area (Å²) in [5, 5.41) is 3.30. The number of hydrogen-bond acceptors (Lipinski definition) is 4. The fourth-order valence-electron chi connectivity index (χ4n) is 3.76. The molecule has 1 amide bonds. The van der Waals surface area contributed by atoms with Gasteiger partial charge in [-0.15, -0.1) is 0 Å². The van der Waals surface area contributed by atoms with Crippen LogP contribution in [-0.4, -0.2) is 79.0 Å². The van der Waals surface area contributed by atoms with Gasteiger partial charge in [-0.25, -0.2) is 0 Å². The van der Waals surface area contributed by atoms with Crippen molar-refractivity contribution in [3.63, 3.8) is 0 Å². The third kappa shape index (κ3) is 5.53. The molecule has 0 aromatic heterocycles. The lowest BCUT2D eigenvalue weighted by atomic mass is 10.1. The van der Waals surface area contributed by atoms with E-state index < -0.39 is 0 Å². The average molecular weight is 345 g/mol. The lowest BCUT2D eigenvalue weighted by Crippen LogP contribution is -2.47. The van der Waals surface area contributed by atoms with Crippen molar-refractivity contribution >= 4 is 5.91 Å². The third-order valence-electron chi connectivity index (χ3n) is 5.53. The van der Waals surface area contributed by atoms with Crippen LogP contribution >= 0.6 is 0 Å². The predicted molar refractivity (Wildman–Crippen MR) is 101 cm³/mol. The second-order valence-electron chi connectivity index (χ2n) is 7.32. The normalized spacial score (nSPS) is 23.4. The molecule has 138 valence electrons. The first-order chi connectivity index (χ1) is 12.2. The molecule has 2 fully saturated rings. The number of carbonyl (C=O) groups excluding carboxylic acids is 1. The summed E-state index contributed by atoms with van der Waals surface area (Å²) in [4.78, 5) is 19.4. The summed E-state index contributed by atoms with van der Waals surface area (Å²) in [6.07, 6.45) is 1.84. The molecule has 2 saturated heterocycles. The molecule has 2 heterocycles. The quantitative estimate of drug-likeness (QED) is 0.876. The van der Waals surface area contributed by atoms with Gasteiger partial charge < -0.3 is 15.1 Å². The smallest absolute Gasteiger partial charge is 0.223 e. The molecule has 0 bridgehead atoms. The highest BCUT2D eigenvalue weighted by Crippen LogP contribution is 2.15. The molecule has 0 aliphatic carbocycles. The van der Waals surface area contributed by atoms with E-state index in [1.807, 2.05) is 4.90 Å². The van der Waals surface area contributed by atoms with Gasteiger partial charge in [0.15, 0.2) is 0 Å². The molecule has 5 nitrogen and oxygen atoms in total. The van der Waals surface area contributed by atoms with Crippen LogP contribution in [0.5, 0.6) is 0 Å². The first-order valence-electron chi connectivity index (χ1n) is 9.71. The van der Waals surface area contributed by atoms with Gasteiger partial charge in [0.25, 0.3) is 0 Å². The van der Waals surface area contributed by atoms with Crippen LogP contribution < -0.4 is 5.32 Å². The molecule has 2 aliphatic rings. The monoisotopic (exact) mass is 344 g/mol. The topological polar surface area (TPSA) is 38.8 Å². The van der Waals surface area contributed by atoms with Crippen LogP contribution in [0, 0.1) is 0 Å². The summed E-state index contributed by atoms with van der Waals surface area (Å²) in [5.41, 5.74) is 1.39. The number of nitrogens with zero attached hydrogens (tertiary/aromatic N) is 3. The van der Waals surface area contributed by atoms with Gasteiger partial charge in [0, 0.05) is 64.8 Å². The van der Waals surface area contributed by atoms with Crippen LogP contribution in [-0.2, 0) is 11.3 Å². The number of hydrogen-bond donors (Lipinski definition) is 1. The molecule has 1 atom stereocenters. The molecule has 0 saturated carbocycles. The van der Waals surface area contributed by atoms with Crippen molar-refractivity contribution < 1.29 is 4.79 Å². The van der Waals surface area contributed by atoms with E-state index >= 15 is 0 Å². The second-order valence-corrected chi connectivity index (χ2v) is 7.32. The Morgan fingerprint density at radius 1 is 1.08 bits per heavy atom. The lowest BCUT2D eigenvalue weighted by Gasteiger charge is -2.28. The molecule has 1 aromatic carbocycles. The van der Waals surface area contributed by atoms with Crippen LogP contribution in [0.4, 0.5) is 0 Å². The van der Waals surface area contributed by atoms with Crippen molar-refractivity contribution in [1.82, 2.24) is 20.0 Å². The SMILES string of the molecule is CC1CCN(CCC(=O)N2CCNCC2)CCN1Cc1ccccc1. The van der Waals surface area contributed by atoms with Crippen LogP contribution in [0.2, 0.25) is 0 Å². The van der Waals surface area contributed by atoms with Gasteiger partial charge in [-0.3, -0.25) is 9.69 Å². The number of piperazine rings is 1. The zero-order valence-corrected chi connectivity index (χ0v) is 15.5. The Balaban J connectivity index is 1.45. The van der Waals surface area contributed by atoms with Crippen LogP contribution in [0.1, 0.15) is 25.3 Å². The number of nitrogens with one attached hydrogen (secondary N) is 1. The first kappa shape index (κ1) is 18.4. The molecule has 3 rings (SSSR count). The standard InChI is InChI=1S/C20H32N4O/c1-18-7-11-22(12-8-20(25)23-13-9-21-10-14-23)15-16-24(18)17-19-5-3-2-4-6-19/h2-6,18,21H,7-17H2,1H3. The fraction of sp³-hybridized carbons (Fsp3) is 0.650. The highest BCUT2D eigenvalue weighted by atomic mass is 16.2. The van der Waals surface area contributed by atoms with E-state index in [-0.39, 0.29) is 0 Å². The minimum atomic E-state index is 0.319. The van der Waals surface area contributed by atoms with Gasteiger partial charge in [0.2, 0.25) is 5.91 Å². The van der Waals surface area contributed by atoms with Gasteiger partial charge in [-0.2, -0.15) is 0 Å². The van der Waals surface area contributed by atoms with Crippen molar-refractivity contribution in [3.05, 3.63) is 35.9 Å². The number of benzene rings is 1. The summed E-state index contributed by atoms with van der Waals surface area (Å²) >= 11 is 0. The van der Waals surface area contributed by atoms with E-state index in [1.54, 1.807) is 0 Å². The maximum absolute atomic E-state index is 12.4. The van der Waals surface area contributed by atoms with E-state index in [2.05, 4.69) is 52.4 Å².